The van der Waals surface area contributed by atoms with Crippen LogP contribution >= 0.6 is 0 Å². The van der Waals surface area contributed by atoms with E-state index in [1.807, 2.05) is 83.1 Å². The average Bonchev–Trinajstić information content (AvgIpc) is 2.84. The van der Waals surface area contributed by atoms with Crippen molar-refractivity contribution in [3.8, 4) is 0 Å². The molecular formula is C34H68O8. The van der Waals surface area contributed by atoms with Gasteiger partial charge in [0, 0.05) is 25.7 Å². The van der Waals surface area contributed by atoms with Gasteiger partial charge in [-0.15, -0.1) is 0 Å². The molecule has 0 heterocycles. The molecule has 2 aliphatic rings. The standard InChI is InChI=1S/C31H60O8.C3H8/c1-25(2,3)32-36-30(37-33-26(4,5)6)19-15-23(16-20-30)29(13,14)24-17-21-31(22-18-24,38-34-27(7,8)9)39-35-28(10,11)12;1-3-2/h23-24H,15-22H2,1-14H3;3H2,1-2H3. The first-order valence-electron chi connectivity index (χ1n) is 16.3. The summed E-state index contributed by atoms with van der Waals surface area (Å²) in [5.41, 5.74) is -1.66. The van der Waals surface area contributed by atoms with Gasteiger partial charge in [0.2, 0.25) is 11.6 Å². The van der Waals surface area contributed by atoms with E-state index in [9.17, 15) is 0 Å². The fourth-order valence-electron chi connectivity index (χ4n) is 5.10. The third-order valence-electron chi connectivity index (χ3n) is 7.37. The largest absolute Gasteiger partial charge is 0.234 e. The van der Waals surface area contributed by atoms with Crippen molar-refractivity contribution in [3.05, 3.63) is 0 Å². The van der Waals surface area contributed by atoms with Gasteiger partial charge >= 0.3 is 0 Å². The maximum atomic E-state index is 5.96. The first-order valence-corrected chi connectivity index (χ1v) is 16.3. The van der Waals surface area contributed by atoms with Crippen molar-refractivity contribution in [2.45, 2.75) is 203 Å². The zero-order chi connectivity index (χ0) is 32.7. The Labute approximate surface area is 258 Å². The van der Waals surface area contributed by atoms with Crippen LogP contribution in [0.4, 0.5) is 0 Å². The smallest absolute Gasteiger partial charge is 0.228 e. The van der Waals surface area contributed by atoms with Crippen molar-refractivity contribution in [1.29, 1.82) is 0 Å². The predicted molar refractivity (Wildman–Crippen MR) is 167 cm³/mol. The molecule has 0 aliphatic heterocycles. The minimum absolute atomic E-state index is 0.115. The Bertz CT molecular complexity index is 648. The van der Waals surface area contributed by atoms with Gasteiger partial charge in [-0.25, -0.2) is 19.6 Å². The molecule has 2 saturated carbocycles. The summed E-state index contributed by atoms with van der Waals surface area (Å²) in [5.74, 6) is -0.799. The summed E-state index contributed by atoms with van der Waals surface area (Å²) < 4.78 is 0. The highest BCUT2D eigenvalue weighted by Crippen LogP contribution is 2.53. The first kappa shape index (κ1) is 39.7. The van der Waals surface area contributed by atoms with Crippen LogP contribution < -0.4 is 0 Å². The third-order valence-corrected chi connectivity index (χ3v) is 7.37. The molecule has 8 nitrogen and oxygen atoms in total. The van der Waals surface area contributed by atoms with Crippen LogP contribution in [0.25, 0.3) is 0 Å². The van der Waals surface area contributed by atoms with Crippen molar-refractivity contribution < 1.29 is 39.1 Å². The van der Waals surface area contributed by atoms with Gasteiger partial charge in [0.1, 0.15) is 0 Å². The van der Waals surface area contributed by atoms with Gasteiger partial charge in [-0.1, -0.05) is 34.1 Å². The Hall–Kier alpha value is -0.320. The average molecular weight is 605 g/mol. The minimum atomic E-state index is -0.912. The summed E-state index contributed by atoms with van der Waals surface area (Å²) in [7, 11) is 0. The molecule has 2 rings (SSSR count). The molecule has 0 aromatic carbocycles. The summed E-state index contributed by atoms with van der Waals surface area (Å²) in [6.45, 7) is 32.7. The highest BCUT2D eigenvalue weighted by molar-refractivity contribution is 4.93. The topological polar surface area (TPSA) is 73.8 Å². The van der Waals surface area contributed by atoms with Gasteiger partial charge in [0.15, 0.2) is 0 Å². The second-order valence-electron chi connectivity index (χ2n) is 17.0. The monoisotopic (exact) mass is 604 g/mol. The van der Waals surface area contributed by atoms with Crippen LogP contribution in [0.5, 0.6) is 0 Å². The highest BCUT2D eigenvalue weighted by atomic mass is 17.3. The van der Waals surface area contributed by atoms with Gasteiger partial charge in [-0.2, -0.15) is 19.6 Å². The van der Waals surface area contributed by atoms with Gasteiger partial charge in [-0.05, 0) is 126 Å². The molecular weight excluding hydrogens is 536 g/mol. The lowest BCUT2D eigenvalue weighted by atomic mass is 9.60. The molecule has 0 radical (unpaired) electrons. The first-order chi connectivity index (χ1) is 18.9. The summed E-state index contributed by atoms with van der Waals surface area (Å²) in [6, 6.07) is 0. The van der Waals surface area contributed by atoms with Crippen molar-refractivity contribution in [2.75, 3.05) is 0 Å². The molecule has 252 valence electrons. The predicted octanol–water partition coefficient (Wildman–Crippen LogP) is 10.2. The molecule has 0 aromatic rings. The highest BCUT2D eigenvalue weighted by Gasteiger charge is 2.50. The van der Waals surface area contributed by atoms with Crippen molar-refractivity contribution in [2.24, 2.45) is 17.3 Å². The van der Waals surface area contributed by atoms with Crippen LogP contribution in [-0.4, -0.2) is 34.0 Å². The van der Waals surface area contributed by atoms with E-state index in [2.05, 4.69) is 27.7 Å². The molecule has 2 fully saturated rings. The fourth-order valence-corrected chi connectivity index (χ4v) is 5.10. The molecule has 42 heavy (non-hydrogen) atoms. The second kappa shape index (κ2) is 15.3. The Morgan fingerprint density at radius 1 is 0.429 bits per heavy atom. The van der Waals surface area contributed by atoms with Crippen LogP contribution in [-0.2, 0) is 39.1 Å². The fraction of sp³-hybridized carbons (Fsp3) is 1.00. The molecule has 0 unspecified atom stereocenters. The van der Waals surface area contributed by atoms with Crippen LogP contribution in [0.2, 0.25) is 0 Å². The van der Waals surface area contributed by atoms with Crippen molar-refractivity contribution in [1.82, 2.24) is 0 Å². The SMILES string of the molecule is CC(C)(C)OOC1(OOC(C)(C)C)CCC(C(C)(C)C2CCC(OOC(C)(C)C)(OOC(C)(C)C)CC2)CC1.CCC. The van der Waals surface area contributed by atoms with Crippen LogP contribution in [0.3, 0.4) is 0 Å². The lowest BCUT2D eigenvalue weighted by Crippen LogP contribution is -2.48. The van der Waals surface area contributed by atoms with Crippen LogP contribution in [0.1, 0.15) is 169 Å². The Morgan fingerprint density at radius 3 is 0.786 bits per heavy atom. The van der Waals surface area contributed by atoms with Crippen LogP contribution in [0.15, 0.2) is 0 Å². The van der Waals surface area contributed by atoms with Crippen molar-refractivity contribution in [3.63, 3.8) is 0 Å². The zero-order valence-electron chi connectivity index (χ0n) is 30.3. The quantitative estimate of drug-likeness (QED) is 0.138. The van der Waals surface area contributed by atoms with E-state index < -0.39 is 34.0 Å². The normalized spacial score (nSPS) is 21.1. The maximum absolute atomic E-state index is 5.96. The molecule has 8 heteroatoms. The summed E-state index contributed by atoms with van der Waals surface area (Å²) in [5, 5.41) is 0. The van der Waals surface area contributed by atoms with Gasteiger partial charge in [-0.3, -0.25) is 0 Å². The van der Waals surface area contributed by atoms with Gasteiger partial charge in [0.25, 0.3) is 0 Å². The van der Waals surface area contributed by atoms with E-state index in [1.165, 1.54) is 6.42 Å². The Balaban J connectivity index is 0.00000281. The summed E-state index contributed by atoms with van der Waals surface area (Å²) >= 11 is 0. The molecule has 0 saturated heterocycles. The molecule has 0 atom stereocenters. The summed E-state index contributed by atoms with van der Waals surface area (Å²) in [4.78, 5) is 46.8. The zero-order valence-corrected chi connectivity index (χ0v) is 30.3. The van der Waals surface area contributed by atoms with Crippen molar-refractivity contribution >= 4 is 0 Å². The lowest BCUT2D eigenvalue weighted by molar-refractivity contribution is -0.547. The van der Waals surface area contributed by atoms with Crippen LogP contribution in [0, 0.1) is 17.3 Å². The van der Waals surface area contributed by atoms with E-state index in [4.69, 9.17) is 39.1 Å². The molecule has 0 bridgehead atoms. The van der Waals surface area contributed by atoms with E-state index in [-0.39, 0.29) is 5.41 Å². The van der Waals surface area contributed by atoms with Gasteiger partial charge < -0.3 is 0 Å². The minimum Gasteiger partial charge on any atom is -0.228 e. The molecule has 0 spiro atoms. The lowest BCUT2D eigenvalue weighted by Gasteiger charge is -2.49. The molecule has 0 aromatic heterocycles. The number of hydrogen-bond acceptors (Lipinski definition) is 8. The number of rotatable bonds is 10. The van der Waals surface area contributed by atoms with E-state index >= 15 is 0 Å². The molecule has 2 aliphatic carbocycles. The van der Waals surface area contributed by atoms with E-state index in [0.717, 1.165) is 25.7 Å². The molecule has 0 N–H and O–H groups in total. The Morgan fingerprint density at radius 2 is 0.619 bits per heavy atom. The van der Waals surface area contributed by atoms with E-state index in [0.29, 0.717) is 37.5 Å². The molecule has 0 amide bonds. The third kappa shape index (κ3) is 14.6. The van der Waals surface area contributed by atoms with Gasteiger partial charge in [0.05, 0.1) is 22.4 Å². The van der Waals surface area contributed by atoms with E-state index in [1.54, 1.807) is 0 Å². The number of hydrogen-bond donors (Lipinski definition) is 0. The maximum Gasteiger partial charge on any atom is 0.234 e. The second-order valence-corrected chi connectivity index (χ2v) is 17.0. The Kier molecular flexibility index (Phi) is 14.5. The summed E-state index contributed by atoms with van der Waals surface area (Å²) in [6.07, 6.45) is 7.91.